The number of nitrogens with one attached hydrogen (secondary N) is 3. The quantitative estimate of drug-likeness (QED) is 0.656. The number of hydrogen-bond acceptors (Lipinski definition) is 7. The van der Waals surface area contributed by atoms with Gasteiger partial charge in [-0.1, -0.05) is 0 Å². The predicted molar refractivity (Wildman–Crippen MR) is 97.7 cm³/mol. The van der Waals surface area contributed by atoms with Gasteiger partial charge in [0.05, 0.1) is 12.1 Å². The van der Waals surface area contributed by atoms with E-state index in [1.807, 2.05) is 18.2 Å². The molecule has 8 nitrogen and oxygen atoms in total. The molecule has 2 fully saturated rings. The third kappa shape index (κ3) is 4.82. The van der Waals surface area contributed by atoms with Gasteiger partial charge < -0.3 is 24.3 Å². The highest BCUT2D eigenvalue weighted by Gasteiger charge is 2.29. The topological polar surface area (TPSA) is 90.1 Å². The van der Waals surface area contributed by atoms with Crippen LogP contribution in [0.25, 0.3) is 0 Å². The van der Waals surface area contributed by atoms with Gasteiger partial charge in [-0.15, -0.1) is 0 Å². The predicted octanol–water partition coefficient (Wildman–Crippen LogP) is 1.10. The molecule has 3 unspecified atom stereocenters. The van der Waals surface area contributed by atoms with E-state index >= 15 is 0 Å². The van der Waals surface area contributed by atoms with E-state index in [0.29, 0.717) is 25.3 Å². The molecule has 1 amide bonds. The Morgan fingerprint density at radius 2 is 2.15 bits per heavy atom. The summed E-state index contributed by atoms with van der Waals surface area (Å²) in [6, 6.07) is 5.33. The van der Waals surface area contributed by atoms with Crippen LogP contribution >= 0.6 is 0 Å². The average molecular weight is 377 g/mol. The molecule has 8 heteroatoms. The van der Waals surface area contributed by atoms with Gasteiger partial charge in [-0.25, -0.2) is 5.43 Å². The molecule has 3 heterocycles. The van der Waals surface area contributed by atoms with Gasteiger partial charge in [0.25, 0.3) is 0 Å². The fourth-order valence-electron chi connectivity index (χ4n) is 3.58. The Morgan fingerprint density at radius 3 is 3.04 bits per heavy atom. The Hall–Kier alpha value is -2.03. The van der Waals surface area contributed by atoms with Crippen molar-refractivity contribution in [3.8, 4) is 17.2 Å². The smallest absolute Gasteiger partial charge is 0.238 e. The molecule has 3 aliphatic heterocycles. The van der Waals surface area contributed by atoms with E-state index in [0.717, 1.165) is 37.4 Å². The molecule has 2 saturated heterocycles. The van der Waals surface area contributed by atoms with Crippen LogP contribution in [0.5, 0.6) is 17.2 Å². The maximum Gasteiger partial charge on any atom is 0.238 e. The maximum atomic E-state index is 12.3. The van der Waals surface area contributed by atoms with Gasteiger partial charge in [0.1, 0.15) is 18.4 Å². The fraction of sp³-hybridized carbons (Fsp3) is 0.632. The highest BCUT2D eigenvalue weighted by Crippen LogP contribution is 2.35. The molecule has 1 aromatic rings. The van der Waals surface area contributed by atoms with Gasteiger partial charge in [-0.3, -0.25) is 10.2 Å². The Morgan fingerprint density at radius 1 is 1.22 bits per heavy atom. The summed E-state index contributed by atoms with van der Waals surface area (Å²) >= 11 is 0. The molecule has 148 valence electrons. The molecule has 27 heavy (non-hydrogen) atoms. The lowest BCUT2D eigenvalue weighted by Crippen LogP contribution is -2.44. The van der Waals surface area contributed by atoms with Crippen LogP contribution in [-0.2, 0) is 9.53 Å². The van der Waals surface area contributed by atoms with Crippen molar-refractivity contribution < 1.29 is 23.7 Å². The second kappa shape index (κ2) is 8.77. The lowest BCUT2D eigenvalue weighted by atomic mass is 10.1. The van der Waals surface area contributed by atoms with E-state index in [-0.39, 0.29) is 30.9 Å². The minimum atomic E-state index is -0.248. The molecule has 3 N–H and O–H groups in total. The third-order valence-electron chi connectivity index (χ3n) is 5.13. The van der Waals surface area contributed by atoms with E-state index < -0.39 is 0 Å². The first-order valence-corrected chi connectivity index (χ1v) is 9.71. The number of carbonyl (C=O) groups is 1. The van der Waals surface area contributed by atoms with Crippen LogP contribution in [0.3, 0.4) is 0 Å². The molecular weight excluding hydrogens is 350 g/mol. The SMILES string of the molecule is O=C(NCCC1CCCCO1)C1CC(COc2ccc3c(c2)OCO3)NN1. The van der Waals surface area contributed by atoms with Gasteiger partial charge in [0.2, 0.25) is 12.7 Å². The molecule has 3 atom stereocenters. The summed E-state index contributed by atoms with van der Waals surface area (Å²) in [6.07, 6.45) is 5.31. The number of hydrazine groups is 1. The summed E-state index contributed by atoms with van der Waals surface area (Å²) in [5.74, 6) is 2.17. The summed E-state index contributed by atoms with van der Waals surface area (Å²) in [6.45, 7) is 2.21. The first-order valence-electron chi connectivity index (χ1n) is 9.71. The van der Waals surface area contributed by atoms with Crippen LogP contribution in [-0.4, -0.2) is 50.6 Å². The van der Waals surface area contributed by atoms with Crippen LogP contribution in [0.1, 0.15) is 32.1 Å². The van der Waals surface area contributed by atoms with Crippen LogP contribution in [0, 0.1) is 0 Å². The van der Waals surface area contributed by atoms with E-state index in [4.69, 9.17) is 18.9 Å². The zero-order valence-electron chi connectivity index (χ0n) is 15.4. The van der Waals surface area contributed by atoms with E-state index in [1.54, 1.807) is 0 Å². The first kappa shape index (κ1) is 18.3. The normalized spacial score (nSPS) is 26.7. The Kier molecular flexibility index (Phi) is 5.96. The molecular formula is C19H27N3O5. The summed E-state index contributed by atoms with van der Waals surface area (Å²) in [5, 5.41) is 3.00. The zero-order valence-corrected chi connectivity index (χ0v) is 15.4. The van der Waals surface area contributed by atoms with Crippen molar-refractivity contribution in [1.82, 2.24) is 16.2 Å². The minimum Gasteiger partial charge on any atom is -0.492 e. The Labute approximate surface area is 158 Å². The van der Waals surface area contributed by atoms with E-state index in [2.05, 4.69) is 16.2 Å². The number of hydrogen-bond donors (Lipinski definition) is 3. The molecule has 0 aliphatic carbocycles. The summed E-state index contributed by atoms with van der Waals surface area (Å²) < 4.78 is 22.1. The minimum absolute atomic E-state index is 0.0175. The highest BCUT2D eigenvalue weighted by molar-refractivity contribution is 5.82. The summed E-state index contributed by atoms with van der Waals surface area (Å²) in [4.78, 5) is 12.3. The van der Waals surface area contributed by atoms with Crippen molar-refractivity contribution in [3.05, 3.63) is 18.2 Å². The van der Waals surface area contributed by atoms with Gasteiger partial charge in [-0.2, -0.15) is 0 Å². The number of fused-ring (bicyclic) bond motifs is 1. The molecule has 3 aliphatic rings. The lowest BCUT2D eigenvalue weighted by Gasteiger charge is -2.22. The molecule has 0 saturated carbocycles. The fourth-order valence-corrected chi connectivity index (χ4v) is 3.58. The summed E-state index contributed by atoms with van der Waals surface area (Å²) in [7, 11) is 0. The average Bonchev–Trinajstić information content (AvgIpc) is 3.36. The molecule has 0 spiro atoms. The van der Waals surface area contributed by atoms with Crippen molar-refractivity contribution in [1.29, 1.82) is 0 Å². The van der Waals surface area contributed by atoms with Crippen molar-refractivity contribution in [2.45, 2.75) is 50.3 Å². The first-order chi connectivity index (χ1) is 13.3. The van der Waals surface area contributed by atoms with E-state index in [9.17, 15) is 4.79 Å². The van der Waals surface area contributed by atoms with Crippen LogP contribution in [0.4, 0.5) is 0 Å². The van der Waals surface area contributed by atoms with Crippen molar-refractivity contribution in [3.63, 3.8) is 0 Å². The van der Waals surface area contributed by atoms with Gasteiger partial charge >= 0.3 is 0 Å². The number of carbonyl (C=O) groups excluding carboxylic acids is 1. The molecule has 0 bridgehead atoms. The van der Waals surface area contributed by atoms with Gasteiger partial charge in [0, 0.05) is 19.2 Å². The standard InChI is InChI=1S/C19H27N3O5/c23-19(20-7-6-14-3-1-2-8-24-14)16-9-13(21-22-16)11-25-15-4-5-17-18(10-15)27-12-26-17/h4-5,10,13-14,16,21-22H,1-3,6-9,11-12H2,(H,20,23). The highest BCUT2D eigenvalue weighted by atomic mass is 16.7. The molecule has 1 aromatic carbocycles. The summed E-state index contributed by atoms with van der Waals surface area (Å²) in [5.41, 5.74) is 6.19. The third-order valence-corrected chi connectivity index (χ3v) is 5.13. The Bertz CT molecular complexity index is 650. The number of benzene rings is 1. The lowest BCUT2D eigenvalue weighted by molar-refractivity contribution is -0.123. The zero-order chi connectivity index (χ0) is 18.5. The van der Waals surface area contributed by atoms with Crippen LogP contribution in [0.15, 0.2) is 18.2 Å². The Balaban J connectivity index is 1.15. The second-order valence-electron chi connectivity index (χ2n) is 7.17. The molecule has 0 radical (unpaired) electrons. The van der Waals surface area contributed by atoms with Crippen molar-refractivity contribution in [2.75, 3.05) is 26.6 Å². The number of amides is 1. The van der Waals surface area contributed by atoms with Crippen LogP contribution < -0.4 is 30.4 Å². The van der Waals surface area contributed by atoms with Crippen LogP contribution in [0.2, 0.25) is 0 Å². The monoisotopic (exact) mass is 377 g/mol. The van der Waals surface area contributed by atoms with Crippen molar-refractivity contribution in [2.24, 2.45) is 0 Å². The molecule has 4 rings (SSSR count). The number of ether oxygens (including phenoxy) is 4. The van der Waals surface area contributed by atoms with Crippen molar-refractivity contribution >= 4 is 5.91 Å². The largest absolute Gasteiger partial charge is 0.492 e. The van der Waals surface area contributed by atoms with E-state index in [1.165, 1.54) is 6.42 Å². The van der Waals surface area contributed by atoms with Gasteiger partial charge in [0.15, 0.2) is 11.5 Å². The molecule has 0 aromatic heterocycles. The maximum absolute atomic E-state index is 12.3. The number of rotatable bonds is 7. The second-order valence-corrected chi connectivity index (χ2v) is 7.17. The van der Waals surface area contributed by atoms with Gasteiger partial charge in [-0.05, 0) is 44.2 Å².